The first-order chi connectivity index (χ1) is 4.74. The van der Waals surface area contributed by atoms with E-state index in [1.54, 1.807) is 0 Å². The van der Waals surface area contributed by atoms with Crippen molar-refractivity contribution < 1.29 is 4.42 Å². The second-order valence-corrected chi connectivity index (χ2v) is 2.18. The molecule has 1 aromatic rings. The zero-order chi connectivity index (χ0) is 7.56. The van der Waals surface area contributed by atoms with Crippen LogP contribution in [0, 0.1) is 13.8 Å². The lowest BCUT2D eigenvalue weighted by Crippen LogP contribution is -1.72. The van der Waals surface area contributed by atoms with Gasteiger partial charge in [-0.3, -0.25) is 0 Å². The van der Waals surface area contributed by atoms with E-state index in [-0.39, 0.29) is 0 Å². The molecule has 0 spiro atoms. The predicted molar refractivity (Wildman–Crippen MR) is 40.7 cm³/mol. The largest absolute Gasteiger partial charge is 0.441 e. The normalized spacial score (nSPS) is 11.1. The zero-order valence-electron chi connectivity index (χ0n) is 6.51. The zero-order valence-corrected chi connectivity index (χ0v) is 6.51. The number of nitrogens with zero attached hydrogens (tertiary/aromatic N) is 1. The molecule has 2 heteroatoms. The molecule has 0 bridgehead atoms. The maximum atomic E-state index is 5.26. The molecular weight excluding hydrogens is 126 g/mol. The highest BCUT2D eigenvalue weighted by Gasteiger charge is 2.00. The van der Waals surface area contributed by atoms with Gasteiger partial charge in [-0.25, -0.2) is 4.98 Å². The molecule has 2 nitrogen and oxygen atoms in total. The summed E-state index contributed by atoms with van der Waals surface area (Å²) >= 11 is 0. The molecule has 1 rings (SSSR count). The SMILES string of the molecule is CC=Cc1oc(C)nc1C. The standard InChI is InChI=1S/C8H11NO/c1-4-5-8-6(2)9-7(3)10-8/h4-5H,1-3H3. The summed E-state index contributed by atoms with van der Waals surface area (Å²) in [5.41, 5.74) is 0.954. The first-order valence-corrected chi connectivity index (χ1v) is 3.30. The molecule has 0 radical (unpaired) electrons. The van der Waals surface area contributed by atoms with Crippen molar-refractivity contribution in [2.24, 2.45) is 0 Å². The Morgan fingerprint density at radius 2 is 2.10 bits per heavy atom. The van der Waals surface area contributed by atoms with E-state index in [2.05, 4.69) is 4.98 Å². The molecule has 0 aromatic carbocycles. The van der Waals surface area contributed by atoms with E-state index in [0.29, 0.717) is 0 Å². The van der Waals surface area contributed by atoms with E-state index in [9.17, 15) is 0 Å². The van der Waals surface area contributed by atoms with E-state index in [1.165, 1.54) is 0 Å². The van der Waals surface area contributed by atoms with Crippen LogP contribution in [0.25, 0.3) is 6.08 Å². The van der Waals surface area contributed by atoms with Gasteiger partial charge in [0.1, 0.15) is 5.76 Å². The van der Waals surface area contributed by atoms with Crippen LogP contribution in [0.5, 0.6) is 0 Å². The van der Waals surface area contributed by atoms with Crippen LogP contribution < -0.4 is 0 Å². The topological polar surface area (TPSA) is 26.0 Å². The fourth-order valence-corrected chi connectivity index (χ4v) is 0.853. The van der Waals surface area contributed by atoms with Gasteiger partial charge in [-0.1, -0.05) is 6.08 Å². The lowest BCUT2D eigenvalue weighted by molar-refractivity contribution is 0.512. The van der Waals surface area contributed by atoms with Crippen molar-refractivity contribution >= 4 is 6.08 Å². The Labute approximate surface area is 60.6 Å². The summed E-state index contributed by atoms with van der Waals surface area (Å²) in [7, 11) is 0. The minimum absolute atomic E-state index is 0.727. The Bertz CT molecular complexity index is 248. The van der Waals surface area contributed by atoms with Gasteiger partial charge in [-0.05, 0) is 19.9 Å². The van der Waals surface area contributed by atoms with Crippen LogP contribution in [0.3, 0.4) is 0 Å². The van der Waals surface area contributed by atoms with Crippen molar-refractivity contribution in [3.63, 3.8) is 0 Å². The highest BCUT2D eigenvalue weighted by Crippen LogP contribution is 2.10. The quantitative estimate of drug-likeness (QED) is 0.593. The van der Waals surface area contributed by atoms with Gasteiger partial charge in [0.25, 0.3) is 0 Å². The molecule has 0 aliphatic carbocycles. The Morgan fingerprint density at radius 3 is 2.50 bits per heavy atom. The van der Waals surface area contributed by atoms with Crippen LogP contribution in [0.15, 0.2) is 10.5 Å². The summed E-state index contributed by atoms with van der Waals surface area (Å²) in [5, 5.41) is 0. The lowest BCUT2D eigenvalue weighted by Gasteiger charge is -1.82. The van der Waals surface area contributed by atoms with Gasteiger partial charge in [0, 0.05) is 6.92 Å². The number of aromatic nitrogens is 1. The first kappa shape index (κ1) is 7.06. The fraction of sp³-hybridized carbons (Fsp3) is 0.375. The first-order valence-electron chi connectivity index (χ1n) is 3.30. The van der Waals surface area contributed by atoms with Crippen LogP contribution in [0.4, 0.5) is 0 Å². The molecule has 0 unspecified atom stereocenters. The molecular formula is C8H11NO. The molecule has 0 aliphatic heterocycles. The maximum absolute atomic E-state index is 5.26. The Hall–Kier alpha value is -1.05. The van der Waals surface area contributed by atoms with Gasteiger partial charge < -0.3 is 4.42 Å². The molecule has 0 N–H and O–H groups in total. The summed E-state index contributed by atoms with van der Waals surface area (Å²) in [6.45, 7) is 5.74. The molecule has 0 fully saturated rings. The molecule has 0 saturated carbocycles. The van der Waals surface area contributed by atoms with Gasteiger partial charge in [-0.15, -0.1) is 0 Å². The van der Waals surface area contributed by atoms with Gasteiger partial charge >= 0.3 is 0 Å². The lowest BCUT2D eigenvalue weighted by atomic mass is 10.3. The Kier molecular flexibility index (Phi) is 1.90. The molecule has 0 atom stereocenters. The summed E-state index contributed by atoms with van der Waals surface area (Å²) in [4.78, 5) is 4.11. The molecule has 1 aromatic heterocycles. The summed E-state index contributed by atoms with van der Waals surface area (Å²) in [6.07, 6.45) is 3.85. The molecule has 0 aliphatic rings. The third kappa shape index (κ3) is 1.26. The smallest absolute Gasteiger partial charge is 0.191 e. The fourth-order valence-electron chi connectivity index (χ4n) is 0.853. The second kappa shape index (κ2) is 2.69. The summed E-state index contributed by atoms with van der Waals surface area (Å²) < 4.78 is 5.26. The van der Waals surface area contributed by atoms with E-state index < -0.39 is 0 Å². The molecule has 0 saturated heterocycles. The van der Waals surface area contributed by atoms with Crippen molar-refractivity contribution in [1.29, 1.82) is 0 Å². The van der Waals surface area contributed by atoms with Crippen LogP contribution in [-0.2, 0) is 0 Å². The minimum atomic E-state index is 0.727. The summed E-state index contributed by atoms with van der Waals surface area (Å²) in [6, 6.07) is 0. The molecule has 1 heterocycles. The summed E-state index contributed by atoms with van der Waals surface area (Å²) in [5.74, 6) is 1.59. The van der Waals surface area contributed by atoms with Crippen LogP contribution >= 0.6 is 0 Å². The third-order valence-electron chi connectivity index (χ3n) is 1.26. The Balaban J connectivity index is 3.03. The van der Waals surface area contributed by atoms with E-state index >= 15 is 0 Å². The van der Waals surface area contributed by atoms with Crippen LogP contribution in [-0.4, -0.2) is 4.98 Å². The predicted octanol–water partition coefficient (Wildman–Crippen LogP) is 2.32. The maximum Gasteiger partial charge on any atom is 0.191 e. The van der Waals surface area contributed by atoms with Crippen molar-refractivity contribution in [2.75, 3.05) is 0 Å². The van der Waals surface area contributed by atoms with Crippen molar-refractivity contribution in [3.05, 3.63) is 23.4 Å². The van der Waals surface area contributed by atoms with Crippen molar-refractivity contribution in [3.8, 4) is 0 Å². The average Bonchev–Trinajstić information content (AvgIpc) is 2.13. The van der Waals surface area contributed by atoms with Gasteiger partial charge in [0.15, 0.2) is 5.89 Å². The van der Waals surface area contributed by atoms with Gasteiger partial charge in [0.2, 0.25) is 0 Å². The van der Waals surface area contributed by atoms with E-state index in [1.807, 2.05) is 32.9 Å². The van der Waals surface area contributed by atoms with Crippen LogP contribution in [0.2, 0.25) is 0 Å². The Morgan fingerprint density at radius 1 is 1.40 bits per heavy atom. The van der Waals surface area contributed by atoms with E-state index in [0.717, 1.165) is 17.3 Å². The number of allylic oxidation sites excluding steroid dienone is 1. The number of oxazole rings is 1. The highest BCUT2D eigenvalue weighted by molar-refractivity contribution is 5.44. The highest BCUT2D eigenvalue weighted by atomic mass is 16.4. The number of hydrogen-bond donors (Lipinski definition) is 0. The molecule has 54 valence electrons. The number of rotatable bonds is 1. The van der Waals surface area contributed by atoms with E-state index in [4.69, 9.17) is 4.42 Å². The van der Waals surface area contributed by atoms with Crippen LogP contribution in [0.1, 0.15) is 24.3 Å². The third-order valence-corrected chi connectivity index (χ3v) is 1.26. The average molecular weight is 137 g/mol. The van der Waals surface area contributed by atoms with Gasteiger partial charge in [0.05, 0.1) is 5.69 Å². The minimum Gasteiger partial charge on any atom is -0.441 e. The monoisotopic (exact) mass is 137 g/mol. The number of hydrogen-bond acceptors (Lipinski definition) is 2. The van der Waals surface area contributed by atoms with Gasteiger partial charge in [-0.2, -0.15) is 0 Å². The second-order valence-electron chi connectivity index (χ2n) is 2.18. The molecule has 10 heavy (non-hydrogen) atoms. The van der Waals surface area contributed by atoms with Crippen molar-refractivity contribution in [1.82, 2.24) is 4.98 Å². The molecule has 0 amide bonds. The van der Waals surface area contributed by atoms with Crippen molar-refractivity contribution in [2.45, 2.75) is 20.8 Å². The number of aryl methyl sites for hydroxylation is 2.